The first-order valence-electron chi connectivity index (χ1n) is 10.1. The van der Waals surface area contributed by atoms with Gasteiger partial charge in [0.15, 0.2) is 12.4 Å². The van der Waals surface area contributed by atoms with E-state index in [1.807, 2.05) is 51.1 Å². The predicted octanol–water partition coefficient (Wildman–Crippen LogP) is 6.06. The van der Waals surface area contributed by atoms with E-state index in [4.69, 9.17) is 20.8 Å². The fourth-order valence-electron chi connectivity index (χ4n) is 3.41. The van der Waals surface area contributed by atoms with Gasteiger partial charge in [-0.15, -0.1) is 0 Å². The molecular formula is C26H22ClNO4. The van der Waals surface area contributed by atoms with Crippen LogP contribution < -0.4 is 15.5 Å². The summed E-state index contributed by atoms with van der Waals surface area (Å²) >= 11 is 5.97. The van der Waals surface area contributed by atoms with Crippen molar-refractivity contribution < 1.29 is 13.9 Å². The van der Waals surface area contributed by atoms with Crippen molar-refractivity contribution in [3.8, 4) is 17.1 Å². The Morgan fingerprint density at radius 2 is 1.69 bits per heavy atom. The third kappa shape index (κ3) is 4.53. The van der Waals surface area contributed by atoms with E-state index < -0.39 is 5.91 Å². The average molecular weight is 448 g/mol. The molecular weight excluding hydrogens is 426 g/mol. The van der Waals surface area contributed by atoms with Crippen LogP contribution >= 0.6 is 11.6 Å². The number of carbonyl (C=O) groups excluding carboxylic acids is 1. The van der Waals surface area contributed by atoms with Gasteiger partial charge in [-0.05, 0) is 56.7 Å². The first-order valence-corrected chi connectivity index (χ1v) is 10.5. The summed E-state index contributed by atoms with van der Waals surface area (Å²) in [6.07, 6.45) is 0. The lowest BCUT2D eigenvalue weighted by atomic mass is 10.1. The van der Waals surface area contributed by atoms with Crippen LogP contribution in [0.5, 0.6) is 5.75 Å². The highest BCUT2D eigenvalue weighted by molar-refractivity contribution is 6.30. The number of carbonyl (C=O) groups is 1. The summed E-state index contributed by atoms with van der Waals surface area (Å²) in [4.78, 5) is 25.8. The number of nitrogens with one attached hydrogen (secondary N) is 1. The maximum atomic E-state index is 13.3. The second-order valence-electron chi connectivity index (χ2n) is 7.75. The lowest BCUT2D eigenvalue weighted by Gasteiger charge is -2.13. The molecule has 0 radical (unpaired) electrons. The van der Waals surface area contributed by atoms with Gasteiger partial charge in [0, 0.05) is 16.3 Å². The zero-order valence-corrected chi connectivity index (χ0v) is 18.7. The molecule has 0 saturated carbocycles. The van der Waals surface area contributed by atoms with Crippen LogP contribution in [0, 0.1) is 20.8 Å². The van der Waals surface area contributed by atoms with E-state index in [-0.39, 0.29) is 17.8 Å². The molecule has 0 spiro atoms. The van der Waals surface area contributed by atoms with Gasteiger partial charge in [-0.25, -0.2) is 0 Å². The predicted molar refractivity (Wildman–Crippen MR) is 128 cm³/mol. The Kier molecular flexibility index (Phi) is 6.01. The van der Waals surface area contributed by atoms with E-state index in [1.54, 1.807) is 30.3 Å². The second kappa shape index (κ2) is 8.89. The minimum atomic E-state index is -0.394. The van der Waals surface area contributed by atoms with Crippen LogP contribution in [0.1, 0.15) is 16.7 Å². The van der Waals surface area contributed by atoms with Gasteiger partial charge < -0.3 is 14.5 Å². The minimum Gasteiger partial charge on any atom is -0.476 e. The first-order chi connectivity index (χ1) is 15.3. The van der Waals surface area contributed by atoms with Gasteiger partial charge in [-0.1, -0.05) is 53.1 Å². The molecule has 3 aromatic carbocycles. The van der Waals surface area contributed by atoms with Crippen LogP contribution in [0.2, 0.25) is 5.02 Å². The van der Waals surface area contributed by atoms with Crippen molar-refractivity contribution >= 4 is 34.2 Å². The van der Waals surface area contributed by atoms with Crippen LogP contribution in [0.4, 0.5) is 5.69 Å². The molecule has 6 heteroatoms. The van der Waals surface area contributed by atoms with Crippen LogP contribution in [-0.2, 0) is 4.79 Å². The van der Waals surface area contributed by atoms with E-state index in [0.717, 1.165) is 16.7 Å². The van der Waals surface area contributed by atoms with Crippen molar-refractivity contribution in [3.63, 3.8) is 0 Å². The molecule has 0 fully saturated rings. The molecule has 1 aromatic heterocycles. The van der Waals surface area contributed by atoms with Crippen LogP contribution in [-0.4, -0.2) is 12.5 Å². The van der Waals surface area contributed by atoms with E-state index in [0.29, 0.717) is 33.0 Å². The van der Waals surface area contributed by atoms with E-state index in [1.165, 1.54) is 0 Å². The Bertz CT molecular complexity index is 1370. The molecule has 32 heavy (non-hydrogen) atoms. The number of fused-ring (bicyclic) bond motifs is 1. The van der Waals surface area contributed by atoms with E-state index >= 15 is 0 Å². The van der Waals surface area contributed by atoms with Gasteiger partial charge >= 0.3 is 0 Å². The summed E-state index contributed by atoms with van der Waals surface area (Å²) in [5, 5.41) is 3.78. The summed E-state index contributed by atoms with van der Waals surface area (Å²) in [7, 11) is 0. The number of benzene rings is 3. The zero-order chi connectivity index (χ0) is 22.8. The summed E-state index contributed by atoms with van der Waals surface area (Å²) in [5.74, 6) is -0.0919. The van der Waals surface area contributed by atoms with Crippen molar-refractivity contribution in [2.75, 3.05) is 11.9 Å². The van der Waals surface area contributed by atoms with Crippen molar-refractivity contribution in [1.82, 2.24) is 0 Å². The highest BCUT2D eigenvalue weighted by Gasteiger charge is 2.19. The third-order valence-electron chi connectivity index (χ3n) is 5.13. The fourth-order valence-corrected chi connectivity index (χ4v) is 3.64. The Morgan fingerprint density at radius 1 is 0.969 bits per heavy atom. The van der Waals surface area contributed by atoms with Crippen molar-refractivity contribution in [3.05, 3.63) is 92.6 Å². The number of rotatable bonds is 5. The standard InChI is InChI=1S/C26H22ClNO4/c1-15-4-7-18(8-5-15)25-26(24(30)20-12-16(2)6-11-22(20)32-25)31-14-23(29)28-21-10-9-19(27)13-17(21)3/h4-13H,14H2,1-3H3,(H,28,29). The molecule has 0 aliphatic heterocycles. The maximum absolute atomic E-state index is 13.3. The molecule has 0 bridgehead atoms. The number of ether oxygens (including phenoxy) is 1. The van der Waals surface area contributed by atoms with Gasteiger partial charge in [0.1, 0.15) is 5.58 Å². The molecule has 5 nitrogen and oxygen atoms in total. The summed E-state index contributed by atoms with van der Waals surface area (Å²) in [6, 6.07) is 18.1. The summed E-state index contributed by atoms with van der Waals surface area (Å²) < 4.78 is 11.8. The lowest BCUT2D eigenvalue weighted by molar-refractivity contribution is -0.118. The number of amides is 1. The monoisotopic (exact) mass is 447 g/mol. The number of aryl methyl sites for hydroxylation is 3. The van der Waals surface area contributed by atoms with Crippen LogP contribution in [0.15, 0.2) is 69.9 Å². The molecule has 4 rings (SSSR count). The van der Waals surface area contributed by atoms with Crippen molar-refractivity contribution in [2.45, 2.75) is 20.8 Å². The Hall–Kier alpha value is -3.57. The molecule has 0 aliphatic rings. The maximum Gasteiger partial charge on any atom is 0.262 e. The van der Waals surface area contributed by atoms with Gasteiger partial charge in [-0.3, -0.25) is 9.59 Å². The van der Waals surface area contributed by atoms with E-state index in [9.17, 15) is 9.59 Å². The minimum absolute atomic E-state index is 0.00920. The molecule has 0 atom stereocenters. The molecule has 1 amide bonds. The van der Waals surface area contributed by atoms with Gasteiger partial charge in [0.25, 0.3) is 5.91 Å². The molecule has 0 unspecified atom stereocenters. The smallest absolute Gasteiger partial charge is 0.262 e. The van der Waals surface area contributed by atoms with Crippen molar-refractivity contribution in [1.29, 1.82) is 0 Å². The SMILES string of the molecule is Cc1ccc(-c2oc3ccc(C)cc3c(=O)c2OCC(=O)Nc2ccc(Cl)cc2C)cc1. The molecule has 4 aromatic rings. The Labute approximate surface area is 190 Å². The van der Waals surface area contributed by atoms with Crippen LogP contribution in [0.25, 0.3) is 22.3 Å². The van der Waals surface area contributed by atoms with Gasteiger partial charge in [-0.2, -0.15) is 0 Å². The summed E-state index contributed by atoms with van der Waals surface area (Å²) in [6.45, 7) is 5.37. The highest BCUT2D eigenvalue weighted by atomic mass is 35.5. The fraction of sp³-hybridized carbons (Fsp3) is 0.154. The normalized spacial score (nSPS) is 10.9. The quantitative estimate of drug-likeness (QED) is 0.404. The van der Waals surface area contributed by atoms with Crippen molar-refractivity contribution in [2.24, 2.45) is 0 Å². The Morgan fingerprint density at radius 3 is 2.41 bits per heavy atom. The number of hydrogen-bond acceptors (Lipinski definition) is 4. The molecule has 1 N–H and O–H groups in total. The largest absolute Gasteiger partial charge is 0.476 e. The zero-order valence-electron chi connectivity index (χ0n) is 18.0. The number of hydrogen-bond donors (Lipinski definition) is 1. The Balaban J connectivity index is 1.69. The average Bonchev–Trinajstić information content (AvgIpc) is 2.76. The second-order valence-corrected chi connectivity index (χ2v) is 8.19. The summed E-state index contributed by atoms with van der Waals surface area (Å²) in [5.41, 5.74) is 4.29. The molecule has 162 valence electrons. The number of anilines is 1. The molecule has 1 heterocycles. The first kappa shape index (κ1) is 21.7. The third-order valence-corrected chi connectivity index (χ3v) is 5.36. The van der Waals surface area contributed by atoms with Crippen LogP contribution in [0.3, 0.4) is 0 Å². The van der Waals surface area contributed by atoms with E-state index in [2.05, 4.69) is 5.32 Å². The molecule has 0 aliphatic carbocycles. The lowest BCUT2D eigenvalue weighted by Crippen LogP contribution is -2.23. The van der Waals surface area contributed by atoms with Gasteiger partial charge in [0.05, 0.1) is 5.39 Å². The van der Waals surface area contributed by atoms with Gasteiger partial charge in [0.2, 0.25) is 11.2 Å². The highest BCUT2D eigenvalue weighted by Crippen LogP contribution is 2.31. The number of halogens is 1. The topological polar surface area (TPSA) is 68.5 Å². The molecule has 0 saturated heterocycles.